The van der Waals surface area contributed by atoms with Crippen molar-refractivity contribution in [1.82, 2.24) is 4.90 Å². The minimum Gasteiger partial charge on any atom is -0.507 e. The van der Waals surface area contributed by atoms with Gasteiger partial charge in [0.25, 0.3) is 11.7 Å². The van der Waals surface area contributed by atoms with E-state index in [0.29, 0.717) is 5.56 Å². The second-order valence-corrected chi connectivity index (χ2v) is 7.98. The molecule has 1 atom stereocenters. The first kappa shape index (κ1) is 18.0. The van der Waals surface area contributed by atoms with Gasteiger partial charge in [-0.1, -0.05) is 71.2 Å². The number of nitrogens with zero attached hydrogens (tertiary/aromatic N) is 1. The van der Waals surface area contributed by atoms with Crippen LogP contribution in [0.25, 0.3) is 5.76 Å². The lowest BCUT2D eigenvalue weighted by molar-refractivity contribution is -0.141. The van der Waals surface area contributed by atoms with E-state index in [4.69, 9.17) is 0 Å². The largest absolute Gasteiger partial charge is 0.507 e. The smallest absolute Gasteiger partial charge is 0.295 e. The van der Waals surface area contributed by atoms with E-state index in [1.807, 2.05) is 30.3 Å². The molecule has 1 saturated carbocycles. The summed E-state index contributed by atoms with van der Waals surface area (Å²) in [5, 5.41) is 11.0. The van der Waals surface area contributed by atoms with Crippen LogP contribution in [-0.4, -0.2) is 27.7 Å². The van der Waals surface area contributed by atoms with E-state index in [9.17, 15) is 14.7 Å². The number of likely N-dealkylation sites (tertiary alicyclic amines) is 1. The topological polar surface area (TPSA) is 57.6 Å². The number of benzene rings is 2. The van der Waals surface area contributed by atoms with Crippen LogP contribution in [0, 0.1) is 0 Å². The predicted octanol–water partition coefficient (Wildman–Crippen LogP) is 4.81. The minimum atomic E-state index is -0.601. The van der Waals surface area contributed by atoms with E-state index >= 15 is 0 Å². The van der Waals surface area contributed by atoms with Gasteiger partial charge in [-0.15, -0.1) is 0 Å². The third kappa shape index (κ3) is 3.21. The zero-order valence-electron chi connectivity index (χ0n) is 14.8. The molecule has 4 nitrogen and oxygen atoms in total. The molecule has 1 N–H and O–H groups in total. The highest BCUT2D eigenvalue weighted by Gasteiger charge is 2.49. The molecule has 2 aromatic rings. The predicted molar refractivity (Wildman–Crippen MR) is 107 cm³/mol. The molecule has 4 rings (SSSR count). The summed E-state index contributed by atoms with van der Waals surface area (Å²) in [7, 11) is 0. The molecule has 5 heteroatoms. The Morgan fingerprint density at radius 2 is 1.59 bits per heavy atom. The fourth-order valence-electron chi connectivity index (χ4n) is 4.13. The van der Waals surface area contributed by atoms with Gasteiger partial charge in [0.1, 0.15) is 5.76 Å². The van der Waals surface area contributed by atoms with Gasteiger partial charge in [-0.3, -0.25) is 9.59 Å². The SMILES string of the molecule is O=C1C(=O)N(C2CCCC2)C(c2ccccc2)/C1=C(/O)c1ccc(Br)cc1. The van der Waals surface area contributed by atoms with Crippen molar-refractivity contribution < 1.29 is 14.7 Å². The number of halogens is 1. The molecule has 1 saturated heterocycles. The van der Waals surface area contributed by atoms with E-state index in [-0.39, 0.29) is 17.4 Å². The molecule has 0 aromatic heterocycles. The number of carbonyl (C=O) groups excluding carboxylic acids is 2. The summed E-state index contributed by atoms with van der Waals surface area (Å²) < 4.78 is 0.880. The summed E-state index contributed by atoms with van der Waals surface area (Å²) in [6.45, 7) is 0. The Kier molecular flexibility index (Phi) is 4.87. The van der Waals surface area contributed by atoms with E-state index in [1.165, 1.54) is 0 Å². The fourth-order valence-corrected chi connectivity index (χ4v) is 4.40. The van der Waals surface area contributed by atoms with Crippen molar-refractivity contribution in [3.63, 3.8) is 0 Å². The Bertz CT molecular complexity index is 899. The highest BCUT2D eigenvalue weighted by atomic mass is 79.9. The quantitative estimate of drug-likeness (QED) is 0.435. The lowest BCUT2D eigenvalue weighted by Crippen LogP contribution is -2.37. The highest BCUT2D eigenvalue weighted by molar-refractivity contribution is 9.10. The second kappa shape index (κ2) is 7.31. The second-order valence-electron chi connectivity index (χ2n) is 7.06. The lowest BCUT2D eigenvalue weighted by Gasteiger charge is -2.30. The molecule has 1 aliphatic carbocycles. The van der Waals surface area contributed by atoms with Gasteiger partial charge in [-0.05, 0) is 30.5 Å². The third-order valence-electron chi connectivity index (χ3n) is 5.43. The van der Waals surface area contributed by atoms with Crippen molar-refractivity contribution in [3.8, 4) is 0 Å². The number of rotatable bonds is 3. The van der Waals surface area contributed by atoms with Gasteiger partial charge in [0, 0.05) is 16.1 Å². The summed E-state index contributed by atoms with van der Waals surface area (Å²) in [6.07, 6.45) is 3.91. The molecule has 27 heavy (non-hydrogen) atoms. The summed E-state index contributed by atoms with van der Waals surface area (Å²) in [5.41, 5.74) is 1.56. The molecule has 1 amide bonds. The summed E-state index contributed by atoms with van der Waals surface area (Å²) in [4.78, 5) is 27.5. The van der Waals surface area contributed by atoms with Crippen molar-refractivity contribution in [2.45, 2.75) is 37.8 Å². The summed E-state index contributed by atoms with van der Waals surface area (Å²) in [6, 6.07) is 16.1. The number of hydrogen-bond donors (Lipinski definition) is 1. The van der Waals surface area contributed by atoms with Gasteiger partial charge in [0.05, 0.1) is 11.6 Å². The van der Waals surface area contributed by atoms with E-state index in [2.05, 4.69) is 15.9 Å². The van der Waals surface area contributed by atoms with Crippen LogP contribution < -0.4 is 0 Å². The summed E-state index contributed by atoms with van der Waals surface area (Å²) in [5.74, 6) is -1.22. The van der Waals surface area contributed by atoms with Gasteiger partial charge in [0.2, 0.25) is 0 Å². The summed E-state index contributed by atoms with van der Waals surface area (Å²) >= 11 is 3.38. The van der Waals surface area contributed by atoms with E-state index in [1.54, 1.807) is 29.2 Å². The number of amides is 1. The molecule has 1 aliphatic heterocycles. The molecule has 1 heterocycles. The maximum atomic E-state index is 12.9. The van der Waals surface area contributed by atoms with Gasteiger partial charge in [-0.2, -0.15) is 0 Å². The molecule has 2 fully saturated rings. The first-order chi connectivity index (χ1) is 13.1. The van der Waals surface area contributed by atoms with Gasteiger partial charge in [0.15, 0.2) is 0 Å². The third-order valence-corrected chi connectivity index (χ3v) is 5.96. The Balaban J connectivity index is 1.87. The van der Waals surface area contributed by atoms with Crippen LogP contribution in [0.5, 0.6) is 0 Å². The monoisotopic (exact) mass is 425 g/mol. The van der Waals surface area contributed by atoms with Crippen LogP contribution >= 0.6 is 15.9 Å². The Hall–Kier alpha value is -2.40. The Labute approximate surface area is 166 Å². The van der Waals surface area contributed by atoms with Crippen LogP contribution in [0.3, 0.4) is 0 Å². The van der Waals surface area contributed by atoms with Crippen LogP contribution in [0.2, 0.25) is 0 Å². The van der Waals surface area contributed by atoms with E-state index in [0.717, 1.165) is 35.7 Å². The number of carbonyl (C=O) groups is 2. The number of hydrogen-bond acceptors (Lipinski definition) is 3. The van der Waals surface area contributed by atoms with Crippen molar-refractivity contribution in [3.05, 3.63) is 75.8 Å². The maximum Gasteiger partial charge on any atom is 0.295 e. The molecule has 2 aromatic carbocycles. The Morgan fingerprint density at radius 1 is 0.963 bits per heavy atom. The van der Waals surface area contributed by atoms with Crippen molar-refractivity contribution >= 4 is 33.4 Å². The fraction of sp³-hybridized carbons (Fsp3) is 0.273. The van der Waals surface area contributed by atoms with Crippen molar-refractivity contribution in [2.24, 2.45) is 0 Å². The Morgan fingerprint density at radius 3 is 2.22 bits per heavy atom. The van der Waals surface area contributed by atoms with E-state index < -0.39 is 17.7 Å². The molecule has 1 unspecified atom stereocenters. The molecular formula is C22H20BrNO3. The molecule has 2 aliphatic rings. The molecule has 138 valence electrons. The van der Waals surface area contributed by atoms with Crippen LogP contribution in [0.4, 0.5) is 0 Å². The van der Waals surface area contributed by atoms with Crippen LogP contribution in [0.1, 0.15) is 42.9 Å². The molecule has 0 bridgehead atoms. The van der Waals surface area contributed by atoms with Crippen LogP contribution in [-0.2, 0) is 9.59 Å². The van der Waals surface area contributed by atoms with Crippen LogP contribution in [0.15, 0.2) is 64.6 Å². The zero-order valence-corrected chi connectivity index (χ0v) is 16.4. The number of ketones is 1. The van der Waals surface area contributed by atoms with Crippen molar-refractivity contribution in [2.75, 3.05) is 0 Å². The highest BCUT2D eigenvalue weighted by Crippen LogP contribution is 2.43. The van der Waals surface area contributed by atoms with Gasteiger partial charge < -0.3 is 10.0 Å². The first-order valence-electron chi connectivity index (χ1n) is 9.19. The number of Topliss-reactive ketones (excluding diaryl/α,β-unsaturated/α-hetero) is 1. The number of aliphatic hydroxyl groups is 1. The maximum absolute atomic E-state index is 12.9. The first-order valence-corrected chi connectivity index (χ1v) is 9.98. The normalized spacial score (nSPS) is 22.6. The standard InChI is InChI=1S/C22H20BrNO3/c23-16-12-10-15(11-13-16)20(25)18-19(14-6-2-1-3-7-14)24(22(27)21(18)26)17-8-4-5-9-17/h1-3,6-7,10-13,17,19,25H,4-5,8-9H2/b20-18-. The minimum absolute atomic E-state index is 0.0434. The average molecular weight is 426 g/mol. The molecule has 0 spiro atoms. The van der Waals surface area contributed by atoms with Gasteiger partial charge >= 0.3 is 0 Å². The van der Waals surface area contributed by atoms with Crippen molar-refractivity contribution in [1.29, 1.82) is 0 Å². The number of aliphatic hydroxyl groups excluding tert-OH is 1. The zero-order chi connectivity index (χ0) is 19.0. The molecule has 0 radical (unpaired) electrons. The average Bonchev–Trinajstić information content (AvgIpc) is 3.30. The lowest BCUT2D eigenvalue weighted by atomic mass is 9.94. The van der Waals surface area contributed by atoms with Gasteiger partial charge in [-0.25, -0.2) is 0 Å². The molecular weight excluding hydrogens is 406 g/mol.